The highest BCUT2D eigenvalue weighted by atomic mass is 32.1. The van der Waals surface area contributed by atoms with E-state index in [2.05, 4.69) is 21.7 Å². The summed E-state index contributed by atoms with van der Waals surface area (Å²) >= 11 is 5.47. The number of nitriles is 1. The molecular formula is C28H31F3N6OS. The molecule has 0 bridgehead atoms. The number of amides is 1. The zero-order valence-corrected chi connectivity index (χ0v) is 22.6. The second-order valence-corrected chi connectivity index (χ2v) is 9.43. The Bertz CT molecular complexity index is 1300. The zero-order chi connectivity index (χ0) is 28.4. The summed E-state index contributed by atoms with van der Waals surface area (Å²) < 4.78 is 42.6. The van der Waals surface area contributed by atoms with E-state index in [4.69, 9.17) is 17.5 Å². The van der Waals surface area contributed by atoms with Gasteiger partial charge in [-0.3, -0.25) is 4.79 Å². The van der Waals surface area contributed by atoms with Crippen LogP contribution >= 0.6 is 12.2 Å². The Morgan fingerprint density at radius 3 is 2.54 bits per heavy atom. The molecule has 0 fully saturated rings. The van der Waals surface area contributed by atoms with Crippen molar-refractivity contribution < 1.29 is 18.0 Å². The maximum atomic E-state index is 13.6. The number of rotatable bonds is 11. The molecule has 0 aliphatic heterocycles. The molecule has 0 spiro atoms. The highest BCUT2D eigenvalue weighted by molar-refractivity contribution is 7.80. The van der Waals surface area contributed by atoms with Gasteiger partial charge in [-0.05, 0) is 54.9 Å². The number of nitrogens with zero attached hydrogens (tertiary/aromatic N) is 4. The van der Waals surface area contributed by atoms with Gasteiger partial charge in [0, 0.05) is 44.1 Å². The van der Waals surface area contributed by atoms with Crippen LogP contribution in [0.4, 0.5) is 13.2 Å². The Morgan fingerprint density at radius 1 is 1.18 bits per heavy atom. The van der Waals surface area contributed by atoms with Gasteiger partial charge in [0.2, 0.25) is 5.91 Å². The van der Waals surface area contributed by atoms with Gasteiger partial charge < -0.3 is 20.1 Å². The molecule has 3 aromatic rings. The molecule has 0 saturated heterocycles. The van der Waals surface area contributed by atoms with Gasteiger partial charge >= 0.3 is 6.18 Å². The first-order valence-corrected chi connectivity index (χ1v) is 13.0. The van der Waals surface area contributed by atoms with Crippen LogP contribution in [-0.2, 0) is 30.5 Å². The number of alkyl halides is 3. The molecule has 0 aliphatic carbocycles. The van der Waals surface area contributed by atoms with E-state index in [0.29, 0.717) is 35.9 Å². The number of carbonyl (C=O) groups is 1. The van der Waals surface area contributed by atoms with Crippen molar-refractivity contribution in [3.63, 3.8) is 0 Å². The second kappa shape index (κ2) is 13.8. The second-order valence-electron chi connectivity index (χ2n) is 9.04. The molecule has 1 heterocycles. The third-order valence-corrected chi connectivity index (χ3v) is 6.58. The number of benzene rings is 2. The van der Waals surface area contributed by atoms with Crippen LogP contribution in [0.15, 0.2) is 61.1 Å². The Labute approximate surface area is 231 Å². The Hall–Kier alpha value is -3.91. The number of halogens is 3. The van der Waals surface area contributed by atoms with Crippen LogP contribution in [0.3, 0.4) is 0 Å². The highest BCUT2D eigenvalue weighted by Gasteiger charge is 2.33. The van der Waals surface area contributed by atoms with Crippen LogP contribution in [0, 0.1) is 11.3 Å². The minimum Gasteiger partial charge on any atom is -0.363 e. The van der Waals surface area contributed by atoms with Crippen molar-refractivity contribution >= 4 is 23.2 Å². The Kier molecular flexibility index (Phi) is 10.5. The zero-order valence-electron chi connectivity index (χ0n) is 21.8. The minimum absolute atomic E-state index is 0.0503. The molecule has 2 aromatic carbocycles. The van der Waals surface area contributed by atoms with Gasteiger partial charge in [-0.25, -0.2) is 4.98 Å². The maximum absolute atomic E-state index is 13.6. The summed E-state index contributed by atoms with van der Waals surface area (Å²) in [7, 11) is 0. The van der Waals surface area contributed by atoms with E-state index in [1.165, 1.54) is 12.1 Å². The Balaban J connectivity index is 1.68. The molecule has 2 N–H and O–H groups in total. The smallest absolute Gasteiger partial charge is 0.363 e. The van der Waals surface area contributed by atoms with E-state index in [1.807, 2.05) is 30.5 Å². The van der Waals surface area contributed by atoms with E-state index in [9.17, 15) is 18.0 Å². The van der Waals surface area contributed by atoms with Crippen LogP contribution in [-0.4, -0.2) is 44.6 Å². The summed E-state index contributed by atoms with van der Waals surface area (Å²) in [5, 5.41) is 15.3. The standard InChI is InChI=1S/C28H31F3N6OS/c1-3-23(18-36(27(39)34-4-2)17-22-7-5-6-8-25(22)28(29,30)31)35-26(38)13-24-15-33-19-37(24)16-21-11-9-20(14-32)10-12-21/h5-12,15,19,23H,3-4,13,16-18H2,1-2H3,(H,34,39)(H,35,38)/t23-/m0/s1. The largest absolute Gasteiger partial charge is 0.416 e. The van der Waals surface area contributed by atoms with Crippen molar-refractivity contribution in [1.82, 2.24) is 25.1 Å². The lowest BCUT2D eigenvalue weighted by atomic mass is 10.1. The monoisotopic (exact) mass is 556 g/mol. The van der Waals surface area contributed by atoms with E-state index < -0.39 is 11.7 Å². The molecule has 1 aromatic heterocycles. The van der Waals surface area contributed by atoms with Gasteiger partial charge in [0.15, 0.2) is 5.11 Å². The third kappa shape index (κ3) is 8.55. The van der Waals surface area contributed by atoms with Crippen molar-refractivity contribution in [3.8, 4) is 6.07 Å². The fraction of sp³-hybridized carbons (Fsp3) is 0.357. The van der Waals surface area contributed by atoms with Crippen LogP contribution in [0.2, 0.25) is 0 Å². The van der Waals surface area contributed by atoms with Gasteiger partial charge in [-0.1, -0.05) is 37.3 Å². The molecule has 0 saturated carbocycles. The van der Waals surface area contributed by atoms with Crippen LogP contribution in [0.25, 0.3) is 0 Å². The average Bonchev–Trinajstić information content (AvgIpc) is 3.34. The fourth-order valence-corrected chi connectivity index (χ4v) is 4.41. The summed E-state index contributed by atoms with van der Waals surface area (Å²) in [6, 6.07) is 14.4. The number of carbonyl (C=O) groups excluding carboxylic acids is 1. The molecule has 206 valence electrons. The number of nitrogens with one attached hydrogen (secondary N) is 2. The van der Waals surface area contributed by atoms with Gasteiger partial charge in [0.1, 0.15) is 0 Å². The molecular weight excluding hydrogens is 525 g/mol. The normalized spacial score (nSPS) is 11.9. The molecule has 7 nitrogen and oxygen atoms in total. The van der Waals surface area contributed by atoms with Crippen LogP contribution in [0.1, 0.15) is 48.2 Å². The maximum Gasteiger partial charge on any atom is 0.416 e. The summed E-state index contributed by atoms with van der Waals surface area (Å²) in [6.45, 7) is 4.96. The van der Waals surface area contributed by atoms with E-state index in [0.717, 1.165) is 11.6 Å². The number of hydrogen-bond donors (Lipinski definition) is 2. The number of thiocarbonyl (C=S) groups is 1. The van der Waals surface area contributed by atoms with Crippen molar-refractivity contribution in [3.05, 3.63) is 89.0 Å². The van der Waals surface area contributed by atoms with E-state index in [1.54, 1.807) is 35.6 Å². The van der Waals surface area contributed by atoms with Gasteiger partial charge in [0.05, 0.1) is 29.9 Å². The molecule has 3 rings (SSSR count). The number of hydrogen-bond acceptors (Lipinski definition) is 4. The van der Waals surface area contributed by atoms with Crippen molar-refractivity contribution in [2.24, 2.45) is 0 Å². The summed E-state index contributed by atoms with van der Waals surface area (Å²) in [6.07, 6.45) is -0.567. The van der Waals surface area contributed by atoms with Gasteiger partial charge in [-0.2, -0.15) is 18.4 Å². The first-order valence-electron chi connectivity index (χ1n) is 12.6. The minimum atomic E-state index is -4.48. The number of imidazole rings is 1. The first kappa shape index (κ1) is 29.6. The third-order valence-electron chi connectivity index (χ3n) is 6.17. The predicted molar refractivity (Wildman–Crippen MR) is 147 cm³/mol. The van der Waals surface area contributed by atoms with Gasteiger partial charge in [0.25, 0.3) is 0 Å². The predicted octanol–water partition coefficient (Wildman–Crippen LogP) is 4.66. The summed E-state index contributed by atoms with van der Waals surface area (Å²) in [5.74, 6) is -0.228. The van der Waals surface area contributed by atoms with Crippen molar-refractivity contribution in [1.29, 1.82) is 5.26 Å². The molecule has 1 atom stereocenters. The molecule has 0 aliphatic rings. The quantitative estimate of drug-likeness (QED) is 0.335. The topological polar surface area (TPSA) is 86.0 Å². The van der Waals surface area contributed by atoms with Crippen molar-refractivity contribution in [2.75, 3.05) is 13.1 Å². The Morgan fingerprint density at radius 2 is 1.90 bits per heavy atom. The van der Waals surface area contributed by atoms with E-state index >= 15 is 0 Å². The first-order chi connectivity index (χ1) is 18.6. The van der Waals surface area contributed by atoms with Crippen LogP contribution in [0.5, 0.6) is 0 Å². The lowest BCUT2D eigenvalue weighted by molar-refractivity contribution is -0.138. The summed E-state index contributed by atoms with van der Waals surface area (Å²) in [4.78, 5) is 18.8. The molecule has 1 amide bonds. The molecule has 39 heavy (non-hydrogen) atoms. The molecule has 0 unspecified atom stereocenters. The molecule has 0 radical (unpaired) electrons. The van der Waals surface area contributed by atoms with Crippen LogP contribution < -0.4 is 10.6 Å². The number of aromatic nitrogens is 2. The highest BCUT2D eigenvalue weighted by Crippen LogP contribution is 2.32. The SMILES string of the molecule is CCNC(=S)N(Cc1ccccc1C(F)(F)F)C[C@H](CC)NC(=O)Cc1cncn1Cc1ccc(C#N)cc1. The van der Waals surface area contributed by atoms with E-state index in [-0.39, 0.29) is 37.0 Å². The lowest BCUT2D eigenvalue weighted by Crippen LogP contribution is -2.48. The average molecular weight is 557 g/mol. The van der Waals surface area contributed by atoms with Crippen molar-refractivity contribution in [2.45, 2.75) is 52.0 Å². The van der Waals surface area contributed by atoms with Gasteiger partial charge in [-0.15, -0.1) is 0 Å². The lowest BCUT2D eigenvalue weighted by Gasteiger charge is -2.31. The molecule has 11 heteroatoms. The summed E-state index contributed by atoms with van der Waals surface area (Å²) in [5.41, 5.74) is 1.65. The fourth-order valence-electron chi connectivity index (χ4n) is 4.13.